The van der Waals surface area contributed by atoms with Gasteiger partial charge in [-0.15, -0.1) is 0 Å². The fraction of sp³-hybridized carbons (Fsp3) is 0.214. The molecule has 178 valence electrons. The lowest BCUT2D eigenvalue weighted by molar-refractivity contribution is -0.140. The number of furan rings is 1. The molecule has 0 radical (unpaired) electrons. The van der Waals surface area contributed by atoms with Crippen LogP contribution in [0.25, 0.3) is 16.7 Å². The van der Waals surface area contributed by atoms with Crippen molar-refractivity contribution in [2.24, 2.45) is 0 Å². The molecule has 7 heteroatoms. The Labute approximate surface area is 202 Å². The molecule has 2 aromatic heterocycles. The summed E-state index contributed by atoms with van der Waals surface area (Å²) in [6.45, 7) is 5.81. The molecule has 1 amide bonds. The Balaban J connectivity index is 1.71. The van der Waals surface area contributed by atoms with Crippen LogP contribution in [0.5, 0.6) is 5.75 Å². The summed E-state index contributed by atoms with van der Waals surface area (Å²) >= 11 is 0. The Kier molecular flexibility index (Phi) is 5.68. The van der Waals surface area contributed by atoms with Gasteiger partial charge in [-0.1, -0.05) is 30.3 Å². The molecule has 1 aliphatic heterocycles. The number of likely N-dealkylation sites (tertiary alicyclic amines) is 1. The minimum absolute atomic E-state index is 0.0381. The number of aryl methyl sites for hydroxylation is 1. The summed E-state index contributed by atoms with van der Waals surface area (Å²) in [5, 5.41) is 12.3. The van der Waals surface area contributed by atoms with Crippen molar-refractivity contribution in [3.05, 3.63) is 95.1 Å². The van der Waals surface area contributed by atoms with Crippen molar-refractivity contribution in [3.63, 3.8) is 0 Å². The van der Waals surface area contributed by atoms with Crippen LogP contribution in [-0.4, -0.2) is 32.8 Å². The van der Waals surface area contributed by atoms with Crippen molar-refractivity contribution in [2.45, 2.75) is 39.5 Å². The number of aliphatic hydroxyl groups is 1. The van der Waals surface area contributed by atoms with E-state index < -0.39 is 17.7 Å². The van der Waals surface area contributed by atoms with Gasteiger partial charge in [0, 0.05) is 27.7 Å². The third-order valence-corrected chi connectivity index (χ3v) is 6.14. The molecule has 3 heterocycles. The molecule has 2 N–H and O–H groups in total. The molecule has 1 aliphatic rings. The quantitative estimate of drug-likeness (QED) is 0.221. The number of ether oxygens (including phenoxy) is 1. The zero-order valence-corrected chi connectivity index (χ0v) is 19.7. The first-order valence-electron chi connectivity index (χ1n) is 11.5. The number of hydrogen-bond acceptors (Lipinski definition) is 5. The number of benzene rings is 2. The Morgan fingerprint density at radius 3 is 2.66 bits per heavy atom. The van der Waals surface area contributed by atoms with Gasteiger partial charge in [0.05, 0.1) is 30.5 Å². The summed E-state index contributed by atoms with van der Waals surface area (Å²) in [6.07, 6.45) is 1.47. The average molecular weight is 471 g/mol. The zero-order valence-electron chi connectivity index (χ0n) is 19.7. The molecule has 5 rings (SSSR count). The lowest BCUT2D eigenvalue weighted by Crippen LogP contribution is -2.29. The molecule has 0 spiro atoms. The van der Waals surface area contributed by atoms with Crippen molar-refractivity contribution in [1.82, 2.24) is 9.88 Å². The van der Waals surface area contributed by atoms with Crippen molar-refractivity contribution >= 4 is 28.4 Å². The van der Waals surface area contributed by atoms with Gasteiger partial charge < -0.3 is 24.1 Å². The van der Waals surface area contributed by atoms with Gasteiger partial charge in [0.2, 0.25) is 0 Å². The van der Waals surface area contributed by atoms with Gasteiger partial charge in [-0.05, 0) is 51.1 Å². The number of rotatable bonds is 6. The highest BCUT2D eigenvalue weighted by Crippen LogP contribution is 2.44. The van der Waals surface area contributed by atoms with Crippen LogP contribution in [-0.2, 0) is 16.1 Å². The van der Waals surface area contributed by atoms with Gasteiger partial charge in [-0.2, -0.15) is 0 Å². The molecule has 0 saturated carbocycles. The number of aliphatic hydroxyl groups excluding tert-OH is 1. The van der Waals surface area contributed by atoms with E-state index in [1.165, 1.54) is 11.2 Å². The van der Waals surface area contributed by atoms with Gasteiger partial charge in [0.15, 0.2) is 0 Å². The number of carbonyl (C=O) groups excluding carboxylic acids is 2. The van der Waals surface area contributed by atoms with E-state index in [1.54, 1.807) is 36.4 Å². The number of amides is 1. The van der Waals surface area contributed by atoms with Crippen LogP contribution >= 0.6 is 0 Å². The minimum atomic E-state index is -0.800. The van der Waals surface area contributed by atoms with Crippen LogP contribution in [0.3, 0.4) is 0 Å². The van der Waals surface area contributed by atoms with E-state index in [2.05, 4.69) is 4.98 Å². The normalized spacial score (nSPS) is 17.6. The van der Waals surface area contributed by atoms with E-state index >= 15 is 0 Å². The number of aromatic nitrogens is 1. The van der Waals surface area contributed by atoms with Gasteiger partial charge in [-0.25, -0.2) is 0 Å². The molecule has 2 aromatic carbocycles. The summed E-state index contributed by atoms with van der Waals surface area (Å²) in [7, 11) is 0. The monoisotopic (exact) mass is 470 g/mol. The average Bonchev–Trinajstić information content (AvgIpc) is 3.52. The van der Waals surface area contributed by atoms with Crippen LogP contribution in [0.2, 0.25) is 0 Å². The van der Waals surface area contributed by atoms with Gasteiger partial charge >= 0.3 is 0 Å². The summed E-state index contributed by atoms with van der Waals surface area (Å²) in [5.74, 6) is -0.560. The van der Waals surface area contributed by atoms with Crippen LogP contribution in [0.4, 0.5) is 0 Å². The number of carbonyl (C=O) groups is 2. The van der Waals surface area contributed by atoms with Crippen LogP contribution in [0, 0.1) is 6.92 Å². The highest BCUT2D eigenvalue weighted by Gasteiger charge is 2.47. The minimum Gasteiger partial charge on any atom is -0.507 e. The topological polar surface area (TPSA) is 95.8 Å². The maximum absolute atomic E-state index is 13.4. The predicted octanol–water partition coefficient (Wildman–Crippen LogP) is 5.48. The number of H-pyrrole nitrogens is 1. The SMILES string of the molecule is Cc1[nH]c2ccccc2c1C1/C(=C(\O)c2cccc(OC(C)C)c2)C(=O)C(=O)N1Cc1ccco1. The van der Waals surface area contributed by atoms with E-state index in [1.807, 2.05) is 45.0 Å². The summed E-state index contributed by atoms with van der Waals surface area (Å²) in [4.78, 5) is 31.5. The molecular formula is C28H26N2O5. The third kappa shape index (κ3) is 3.99. The largest absolute Gasteiger partial charge is 0.507 e. The molecule has 1 saturated heterocycles. The Bertz CT molecular complexity index is 1450. The molecule has 1 unspecified atom stereocenters. The second-order valence-corrected chi connectivity index (χ2v) is 8.91. The van der Waals surface area contributed by atoms with E-state index in [0.29, 0.717) is 17.1 Å². The molecule has 35 heavy (non-hydrogen) atoms. The Morgan fingerprint density at radius 2 is 1.91 bits per heavy atom. The highest BCUT2D eigenvalue weighted by molar-refractivity contribution is 6.46. The van der Waals surface area contributed by atoms with Crippen molar-refractivity contribution < 1.29 is 23.8 Å². The molecule has 1 fully saturated rings. The number of aromatic amines is 1. The number of ketones is 1. The molecule has 0 bridgehead atoms. The number of para-hydroxylation sites is 1. The van der Waals surface area contributed by atoms with Gasteiger partial charge in [-0.3, -0.25) is 9.59 Å². The van der Waals surface area contributed by atoms with E-state index in [0.717, 1.165) is 22.2 Å². The zero-order chi connectivity index (χ0) is 24.7. The standard InChI is InChI=1S/C28H26N2O5/c1-16(2)35-19-9-6-8-18(14-19)26(31)24-25(23-17(3)29-22-12-5-4-11-21(22)23)30(28(33)27(24)32)15-20-10-7-13-34-20/h4-14,16,25,29,31H,15H2,1-3H3/b26-24+. The Morgan fingerprint density at radius 1 is 1.11 bits per heavy atom. The van der Waals surface area contributed by atoms with Crippen molar-refractivity contribution in [3.8, 4) is 5.75 Å². The van der Waals surface area contributed by atoms with E-state index in [-0.39, 0.29) is 24.0 Å². The van der Waals surface area contributed by atoms with E-state index in [4.69, 9.17) is 9.15 Å². The first kappa shape index (κ1) is 22.5. The maximum Gasteiger partial charge on any atom is 0.296 e. The summed E-state index contributed by atoms with van der Waals surface area (Å²) < 4.78 is 11.3. The maximum atomic E-state index is 13.4. The Hall–Kier alpha value is -4.26. The number of nitrogens with one attached hydrogen (secondary N) is 1. The van der Waals surface area contributed by atoms with Crippen LogP contribution in [0.15, 0.2) is 76.9 Å². The molecule has 7 nitrogen and oxygen atoms in total. The fourth-order valence-corrected chi connectivity index (χ4v) is 4.71. The number of nitrogens with zero attached hydrogens (tertiary/aromatic N) is 1. The lowest BCUT2D eigenvalue weighted by Gasteiger charge is -2.25. The summed E-state index contributed by atoms with van der Waals surface area (Å²) in [5.41, 5.74) is 2.90. The van der Waals surface area contributed by atoms with Crippen LogP contribution < -0.4 is 4.74 Å². The molecule has 1 atom stereocenters. The van der Waals surface area contributed by atoms with Gasteiger partial charge in [0.1, 0.15) is 17.3 Å². The summed E-state index contributed by atoms with van der Waals surface area (Å²) in [6, 6.07) is 17.3. The lowest BCUT2D eigenvalue weighted by atomic mass is 9.93. The number of hydrogen-bond donors (Lipinski definition) is 2. The van der Waals surface area contributed by atoms with Crippen molar-refractivity contribution in [2.75, 3.05) is 0 Å². The first-order valence-corrected chi connectivity index (χ1v) is 11.5. The molecule has 0 aliphatic carbocycles. The smallest absolute Gasteiger partial charge is 0.296 e. The number of Topliss-reactive ketones (excluding diaryl/α,β-unsaturated/α-hetero) is 1. The first-order chi connectivity index (χ1) is 16.8. The van der Waals surface area contributed by atoms with E-state index in [9.17, 15) is 14.7 Å². The van der Waals surface area contributed by atoms with Gasteiger partial charge in [0.25, 0.3) is 11.7 Å². The number of fused-ring (bicyclic) bond motifs is 1. The fourth-order valence-electron chi connectivity index (χ4n) is 4.71. The molecule has 4 aromatic rings. The van der Waals surface area contributed by atoms with Crippen molar-refractivity contribution in [1.29, 1.82) is 0 Å². The van der Waals surface area contributed by atoms with Crippen LogP contribution in [0.1, 0.15) is 42.5 Å². The second-order valence-electron chi connectivity index (χ2n) is 8.91. The second kappa shape index (κ2) is 8.83. The predicted molar refractivity (Wildman–Crippen MR) is 132 cm³/mol. The highest BCUT2D eigenvalue weighted by atomic mass is 16.5. The molecular weight excluding hydrogens is 444 g/mol. The third-order valence-electron chi connectivity index (χ3n) is 6.14.